The van der Waals surface area contributed by atoms with E-state index in [1.54, 1.807) is 13.1 Å². The van der Waals surface area contributed by atoms with Crippen molar-refractivity contribution in [3.05, 3.63) is 30.5 Å². The highest BCUT2D eigenvalue weighted by Crippen LogP contribution is 2.19. The fraction of sp³-hybridized carbons (Fsp3) is 0.412. The molecule has 1 aliphatic heterocycles. The highest BCUT2D eigenvalue weighted by molar-refractivity contribution is 6.32. The van der Waals surface area contributed by atoms with E-state index in [-0.39, 0.29) is 12.7 Å². The van der Waals surface area contributed by atoms with E-state index in [9.17, 15) is 9.59 Å². The molecule has 0 unspecified atom stereocenters. The van der Waals surface area contributed by atoms with Gasteiger partial charge in [-0.2, -0.15) is 0 Å². The number of carbonyl (C=O) groups excluding carboxylic acids is 2. The maximum Gasteiger partial charge on any atom is 0.397 e. The standard InChI is InChI=1S/C17H19N3O4/c1-2-23-17(22)16(21)20-9-7-12(8-10-20)24-15-11-18-13-5-3-4-6-14(13)19-15/h3-6,11-12H,2,7-10H2,1H3. The van der Waals surface area contributed by atoms with E-state index in [0.717, 1.165) is 11.0 Å². The molecular formula is C17H19N3O4. The molecule has 2 aromatic rings. The van der Waals surface area contributed by atoms with Gasteiger partial charge < -0.3 is 14.4 Å². The van der Waals surface area contributed by atoms with E-state index in [1.165, 1.54) is 4.90 Å². The Morgan fingerprint density at radius 2 is 1.92 bits per heavy atom. The molecule has 7 nitrogen and oxygen atoms in total. The molecule has 126 valence electrons. The Kier molecular flexibility index (Phi) is 4.88. The summed E-state index contributed by atoms with van der Waals surface area (Å²) in [6.07, 6.45) is 2.84. The van der Waals surface area contributed by atoms with Crippen LogP contribution < -0.4 is 4.74 Å². The first kappa shape index (κ1) is 16.2. The minimum atomic E-state index is -0.794. The van der Waals surface area contributed by atoms with Crippen LogP contribution in [0.1, 0.15) is 19.8 Å². The fourth-order valence-electron chi connectivity index (χ4n) is 2.67. The maximum absolute atomic E-state index is 11.9. The number of amides is 1. The van der Waals surface area contributed by atoms with Crippen molar-refractivity contribution in [2.45, 2.75) is 25.9 Å². The van der Waals surface area contributed by atoms with Crippen molar-refractivity contribution < 1.29 is 19.1 Å². The van der Waals surface area contributed by atoms with Gasteiger partial charge in [0, 0.05) is 25.9 Å². The van der Waals surface area contributed by atoms with Crippen LogP contribution in [-0.4, -0.2) is 52.5 Å². The lowest BCUT2D eigenvalue weighted by atomic mass is 10.1. The van der Waals surface area contributed by atoms with Gasteiger partial charge in [0.25, 0.3) is 0 Å². The van der Waals surface area contributed by atoms with Crippen molar-refractivity contribution in [3.8, 4) is 5.88 Å². The van der Waals surface area contributed by atoms with E-state index in [0.29, 0.717) is 31.8 Å². The molecule has 7 heteroatoms. The first-order valence-electron chi connectivity index (χ1n) is 8.02. The second-order valence-electron chi connectivity index (χ2n) is 5.53. The first-order chi connectivity index (χ1) is 11.7. The number of hydrogen-bond acceptors (Lipinski definition) is 6. The van der Waals surface area contributed by atoms with Crippen molar-refractivity contribution in [1.29, 1.82) is 0 Å². The lowest BCUT2D eigenvalue weighted by Gasteiger charge is -2.31. The lowest BCUT2D eigenvalue weighted by molar-refractivity contribution is -0.160. The molecule has 0 aliphatic carbocycles. The van der Waals surface area contributed by atoms with Gasteiger partial charge in [-0.3, -0.25) is 4.79 Å². The van der Waals surface area contributed by atoms with Gasteiger partial charge in [-0.1, -0.05) is 12.1 Å². The van der Waals surface area contributed by atoms with Crippen LogP contribution in [0.2, 0.25) is 0 Å². The Bertz CT molecular complexity index is 741. The molecule has 2 heterocycles. The zero-order valence-corrected chi connectivity index (χ0v) is 13.5. The summed E-state index contributed by atoms with van der Waals surface area (Å²) in [5.41, 5.74) is 1.60. The molecule has 1 aliphatic rings. The normalized spacial score (nSPS) is 15.3. The predicted octanol–water partition coefficient (Wildman–Crippen LogP) is 1.56. The van der Waals surface area contributed by atoms with Gasteiger partial charge in [-0.05, 0) is 19.1 Å². The van der Waals surface area contributed by atoms with Crippen molar-refractivity contribution in [3.63, 3.8) is 0 Å². The van der Waals surface area contributed by atoms with Crippen LogP contribution in [0, 0.1) is 0 Å². The smallest absolute Gasteiger partial charge is 0.397 e. The Hall–Kier alpha value is -2.70. The highest BCUT2D eigenvalue weighted by atomic mass is 16.5. The van der Waals surface area contributed by atoms with E-state index in [2.05, 4.69) is 9.97 Å². The molecule has 24 heavy (non-hydrogen) atoms. The van der Waals surface area contributed by atoms with Crippen LogP contribution in [0.4, 0.5) is 0 Å². The van der Waals surface area contributed by atoms with Crippen molar-refractivity contribution >= 4 is 22.9 Å². The number of piperidine rings is 1. The molecule has 0 radical (unpaired) electrons. The van der Waals surface area contributed by atoms with Crippen LogP contribution in [0.3, 0.4) is 0 Å². The average Bonchev–Trinajstić information content (AvgIpc) is 2.62. The lowest BCUT2D eigenvalue weighted by Crippen LogP contribution is -2.45. The summed E-state index contributed by atoms with van der Waals surface area (Å²) in [7, 11) is 0. The number of benzene rings is 1. The van der Waals surface area contributed by atoms with E-state index >= 15 is 0 Å². The minimum absolute atomic E-state index is 0.0493. The molecule has 0 spiro atoms. The summed E-state index contributed by atoms with van der Waals surface area (Å²) in [4.78, 5) is 33.6. The van der Waals surface area contributed by atoms with Crippen LogP contribution in [-0.2, 0) is 14.3 Å². The topological polar surface area (TPSA) is 81.6 Å². The second-order valence-corrected chi connectivity index (χ2v) is 5.53. The first-order valence-corrected chi connectivity index (χ1v) is 8.02. The third-order valence-electron chi connectivity index (χ3n) is 3.89. The summed E-state index contributed by atoms with van der Waals surface area (Å²) in [5, 5.41) is 0. The van der Waals surface area contributed by atoms with E-state index < -0.39 is 11.9 Å². The number of carbonyl (C=O) groups is 2. The van der Waals surface area contributed by atoms with Crippen LogP contribution in [0.15, 0.2) is 30.5 Å². The number of aromatic nitrogens is 2. The number of esters is 1. The maximum atomic E-state index is 11.9. The van der Waals surface area contributed by atoms with Crippen LogP contribution in [0.25, 0.3) is 11.0 Å². The average molecular weight is 329 g/mol. The molecule has 0 saturated carbocycles. The second kappa shape index (κ2) is 7.25. The van der Waals surface area contributed by atoms with Gasteiger partial charge in [0.1, 0.15) is 6.10 Å². The van der Waals surface area contributed by atoms with E-state index in [4.69, 9.17) is 9.47 Å². The number of fused-ring (bicyclic) bond motifs is 1. The monoisotopic (exact) mass is 329 g/mol. The summed E-state index contributed by atoms with van der Waals surface area (Å²) in [5.74, 6) is -0.901. The number of hydrogen-bond donors (Lipinski definition) is 0. The van der Waals surface area contributed by atoms with Crippen LogP contribution >= 0.6 is 0 Å². The van der Waals surface area contributed by atoms with Gasteiger partial charge in [0.15, 0.2) is 0 Å². The SMILES string of the molecule is CCOC(=O)C(=O)N1CCC(Oc2cnc3ccccc3n2)CC1. The van der Waals surface area contributed by atoms with Gasteiger partial charge in [0.05, 0.1) is 23.8 Å². The molecule has 1 amide bonds. The van der Waals surface area contributed by atoms with Crippen molar-refractivity contribution in [2.24, 2.45) is 0 Å². The Morgan fingerprint density at radius 3 is 2.62 bits per heavy atom. The van der Waals surface area contributed by atoms with Crippen molar-refractivity contribution in [2.75, 3.05) is 19.7 Å². The molecule has 1 aromatic carbocycles. The largest absolute Gasteiger partial charge is 0.473 e. The number of para-hydroxylation sites is 2. The summed E-state index contributed by atoms with van der Waals surface area (Å²) in [6.45, 7) is 2.80. The van der Waals surface area contributed by atoms with Gasteiger partial charge in [0.2, 0.25) is 5.88 Å². The third kappa shape index (κ3) is 3.61. The quantitative estimate of drug-likeness (QED) is 0.628. The van der Waals surface area contributed by atoms with E-state index in [1.807, 2.05) is 24.3 Å². The Morgan fingerprint density at radius 1 is 1.21 bits per heavy atom. The minimum Gasteiger partial charge on any atom is -0.473 e. The zero-order chi connectivity index (χ0) is 16.9. The molecule has 1 saturated heterocycles. The number of ether oxygens (including phenoxy) is 2. The number of rotatable bonds is 3. The van der Waals surface area contributed by atoms with Crippen LogP contribution in [0.5, 0.6) is 5.88 Å². The summed E-state index contributed by atoms with van der Waals surface area (Å²) in [6, 6.07) is 7.59. The van der Waals surface area contributed by atoms with Gasteiger partial charge >= 0.3 is 11.9 Å². The van der Waals surface area contributed by atoms with Gasteiger partial charge in [-0.15, -0.1) is 0 Å². The molecule has 1 aromatic heterocycles. The third-order valence-corrected chi connectivity index (χ3v) is 3.89. The summed E-state index contributed by atoms with van der Waals surface area (Å²) < 4.78 is 10.6. The highest BCUT2D eigenvalue weighted by Gasteiger charge is 2.28. The molecule has 1 fully saturated rings. The number of likely N-dealkylation sites (tertiary alicyclic amines) is 1. The van der Waals surface area contributed by atoms with Gasteiger partial charge in [-0.25, -0.2) is 14.8 Å². The molecule has 3 rings (SSSR count). The number of nitrogens with zero attached hydrogens (tertiary/aromatic N) is 3. The Balaban J connectivity index is 1.56. The Labute approximate surface area is 139 Å². The summed E-state index contributed by atoms with van der Waals surface area (Å²) >= 11 is 0. The molecule has 0 atom stereocenters. The molecule has 0 bridgehead atoms. The molecular weight excluding hydrogens is 310 g/mol. The predicted molar refractivity (Wildman–Crippen MR) is 86.4 cm³/mol. The molecule has 0 N–H and O–H groups in total. The van der Waals surface area contributed by atoms with Crippen molar-refractivity contribution in [1.82, 2.24) is 14.9 Å². The fourth-order valence-corrected chi connectivity index (χ4v) is 2.67. The zero-order valence-electron chi connectivity index (χ0n) is 13.5.